The van der Waals surface area contributed by atoms with E-state index in [1.165, 1.54) is 57.8 Å². The highest BCUT2D eigenvalue weighted by molar-refractivity contribution is 5.69. The summed E-state index contributed by atoms with van der Waals surface area (Å²) >= 11 is 0. The summed E-state index contributed by atoms with van der Waals surface area (Å²) in [6.45, 7) is 1.38. The molecule has 0 heterocycles. The van der Waals surface area contributed by atoms with Crippen molar-refractivity contribution in [2.75, 3.05) is 34.3 Å². The van der Waals surface area contributed by atoms with Crippen LogP contribution in [-0.4, -0.2) is 50.7 Å². The number of aliphatic carboxylic acids is 1. The summed E-state index contributed by atoms with van der Waals surface area (Å²) in [5.41, 5.74) is 0. The number of hydrogen-bond donors (Lipinski definition) is 0. The van der Waals surface area contributed by atoms with Gasteiger partial charge in [-0.3, -0.25) is 4.79 Å². The van der Waals surface area contributed by atoms with Gasteiger partial charge in [0.15, 0.2) is 0 Å². The van der Waals surface area contributed by atoms with Crippen LogP contribution in [-0.2, 0) is 14.3 Å². The number of nitrogens with zero attached hydrogens (tertiary/aromatic N) is 1. The van der Waals surface area contributed by atoms with Gasteiger partial charge in [0, 0.05) is 12.4 Å². The number of esters is 1. The summed E-state index contributed by atoms with van der Waals surface area (Å²) in [5.74, 6) is -0.971. The van der Waals surface area contributed by atoms with E-state index in [2.05, 4.69) is 21.1 Å². The van der Waals surface area contributed by atoms with Crippen LogP contribution >= 0.6 is 0 Å². The van der Waals surface area contributed by atoms with Gasteiger partial charge >= 0.3 is 5.97 Å². The van der Waals surface area contributed by atoms with Crippen LogP contribution in [0.15, 0.2) is 0 Å². The lowest BCUT2D eigenvalue weighted by Gasteiger charge is -2.23. The molecule has 0 bridgehead atoms. The second-order valence-electron chi connectivity index (χ2n) is 9.06. The Bertz CT molecular complexity index is 391. The quantitative estimate of drug-likeness (QED) is 0.175. The Balaban J connectivity index is 3.17. The zero-order valence-electron chi connectivity index (χ0n) is 18.8. The summed E-state index contributed by atoms with van der Waals surface area (Å²) in [6.07, 6.45) is 17.3. The minimum absolute atomic E-state index is 0.0488. The van der Waals surface area contributed by atoms with Gasteiger partial charge in [-0.15, -0.1) is 0 Å². The molecule has 0 N–H and O–H groups in total. The summed E-state index contributed by atoms with van der Waals surface area (Å²) in [4.78, 5) is 21.9. The molecule has 0 saturated carbocycles. The molecule has 0 saturated heterocycles. The lowest BCUT2D eigenvalue weighted by atomic mass is 10.0. The molecule has 0 unspecified atom stereocenters. The number of carboxylic acids is 1. The standard InChI is InChI=1S/C23H45NO4/c1-24(2,3)20-21-28-23(27)19-17-15-13-11-9-7-5-4-6-8-10-12-14-16-18-22(25)26/h4-21H2,1-3H3. The maximum Gasteiger partial charge on any atom is 0.305 e. The van der Waals surface area contributed by atoms with Crippen LogP contribution in [0, 0.1) is 0 Å². The first-order valence-electron chi connectivity index (χ1n) is 11.5. The molecule has 0 aromatic carbocycles. The molecule has 0 radical (unpaired) electrons. The number of carbonyl (C=O) groups is 2. The van der Waals surface area contributed by atoms with E-state index < -0.39 is 5.97 Å². The highest BCUT2D eigenvalue weighted by Gasteiger charge is 2.09. The van der Waals surface area contributed by atoms with Gasteiger partial charge in [-0.05, 0) is 19.3 Å². The molecule has 0 aromatic rings. The number of unbranched alkanes of at least 4 members (excludes halogenated alkanes) is 13. The van der Waals surface area contributed by atoms with E-state index in [1.54, 1.807) is 0 Å². The first-order chi connectivity index (χ1) is 13.3. The third kappa shape index (κ3) is 22.9. The molecule has 166 valence electrons. The fourth-order valence-electron chi connectivity index (χ4n) is 3.17. The maximum absolute atomic E-state index is 11.6. The van der Waals surface area contributed by atoms with Crippen molar-refractivity contribution in [2.45, 2.75) is 103 Å². The zero-order chi connectivity index (χ0) is 21.1. The van der Waals surface area contributed by atoms with E-state index in [9.17, 15) is 14.7 Å². The normalized spacial score (nSPS) is 11.5. The van der Waals surface area contributed by atoms with E-state index in [0.717, 1.165) is 43.1 Å². The lowest BCUT2D eigenvalue weighted by molar-refractivity contribution is -0.870. The van der Waals surface area contributed by atoms with Crippen molar-refractivity contribution < 1.29 is 23.9 Å². The molecule has 28 heavy (non-hydrogen) atoms. The third-order valence-electron chi connectivity index (χ3n) is 5.04. The maximum atomic E-state index is 11.6. The van der Waals surface area contributed by atoms with Crippen molar-refractivity contribution >= 4 is 11.9 Å². The Kier molecular flexibility index (Phi) is 17.3. The Morgan fingerprint density at radius 1 is 0.643 bits per heavy atom. The number of hydrogen-bond acceptors (Lipinski definition) is 4. The van der Waals surface area contributed by atoms with Crippen LogP contribution in [0.5, 0.6) is 0 Å². The van der Waals surface area contributed by atoms with E-state index in [1.807, 2.05) is 0 Å². The smallest absolute Gasteiger partial charge is 0.305 e. The molecule has 0 amide bonds. The molecule has 0 aliphatic rings. The Hall–Kier alpha value is -1.10. The predicted molar refractivity (Wildman–Crippen MR) is 113 cm³/mol. The van der Waals surface area contributed by atoms with E-state index >= 15 is 0 Å². The average Bonchev–Trinajstić information content (AvgIpc) is 2.60. The van der Waals surface area contributed by atoms with Crippen molar-refractivity contribution in [1.29, 1.82) is 0 Å². The molecule has 0 spiro atoms. The van der Waals surface area contributed by atoms with E-state index in [-0.39, 0.29) is 12.4 Å². The molecule has 0 aliphatic heterocycles. The molecule has 0 atom stereocenters. The van der Waals surface area contributed by atoms with Gasteiger partial charge in [-0.1, -0.05) is 77.0 Å². The number of ether oxygens (including phenoxy) is 1. The molecular formula is C23H45NO4. The van der Waals surface area contributed by atoms with Gasteiger partial charge in [-0.25, -0.2) is 0 Å². The zero-order valence-corrected chi connectivity index (χ0v) is 18.8. The summed E-state index contributed by atoms with van der Waals surface area (Å²) in [5, 5.41) is 10.3. The molecule has 0 aliphatic carbocycles. The van der Waals surface area contributed by atoms with E-state index in [0.29, 0.717) is 13.0 Å². The first kappa shape index (κ1) is 26.9. The summed E-state index contributed by atoms with van der Waals surface area (Å²) < 4.78 is 6.09. The number of rotatable bonds is 20. The van der Waals surface area contributed by atoms with Gasteiger partial charge in [0.05, 0.1) is 21.1 Å². The molecular weight excluding hydrogens is 354 g/mol. The van der Waals surface area contributed by atoms with Gasteiger partial charge in [0.1, 0.15) is 13.2 Å². The van der Waals surface area contributed by atoms with Crippen LogP contribution in [0.4, 0.5) is 0 Å². The van der Waals surface area contributed by atoms with E-state index in [4.69, 9.17) is 4.74 Å². The van der Waals surface area contributed by atoms with Gasteiger partial charge in [-0.2, -0.15) is 0 Å². The largest absolute Gasteiger partial charge is 0.550 e. The van der Waals surface area contributed by atoms with Gasteiger partial charge < -0.3 is 19.1 Å². The molecule has 0 fully saturated rings. The second-order valence-corrected chi connectivity index (χ2v) is 9.06. The van der Waals surface area contributed by atoms with Crippen LogP contribution in [0.2, 0.25) is 0 Å². The van der Waals surface area contributed by atoms with Crippen molar-refractivity contribution in [2.24, 2.45) is 0 Å². The topological polar surface area (TPSA) is 66.4 Å². The lowest BCUT2D eigenvalue weighted by Crippen LogP contribution is -2.37. The van der Waals surface area contributed by atoms with Crippen LogP contribution < -0.4 is 5.11 Å². The minimum Gasteiger partial charge on any atom is -0.550 e. The second kappa shape index (κ2) is 18.0. The first-order valence-corrected chi connectivity index (χ1v) is 11.5. The van der Waals surface area contributed by atoms with Gasteiger partial charge in [0.2, 0.25) is 0 Å². The van der Waals surface area contributed by atoms with Crippen LogP contribution in [0.3, 0.4) is 0 Å². The minimum atomic E-state index is -0.923. The summed E-state index contributed by atoms with van der Waals surface area (Å²) in [6, 6.07) is 0. The molecule has 0 rings (SSSR count). The SMILES string of the molecule is C[N+](C)(C)CCOC(=O)CCCCCCCCCCCCCCCCC(=O)[O-]. The number of quaternary nitrogens is 1. The highest BCUT2D eigenvalue weighted by Crippen LogP contribution is 2.13. The fourth-order valence-corrected chi connectivity index (χ4v) is 3.17. The van der Waals surface area contributed by atoms with Crippen molar-refractivity contribution in [3.05, 3.63) is 0 Å². The Labute approximate surface area is 173 Å². The fraction of sp³-hybridized carbons (Fsp3) is 0.913. The Morgan fingerprint density at radius 2 is 1.00 bits per heavy atom. The van der Waals surface area contributed by atoms with Crippen LogP contribution in [0.25, 0.3) is 0 Å². The van der Waals surface area contributed by atoms with Crippen molar-refractivity contribution in [3.8, 4) is 0 Å². The van der Waals surface area contributed by atoms with Crippen molar-refractivity contribution in [1.82, 2.24) is 0 Å². The summed E-state index contributed by atoms with van der Waals surface area (Å²) in [7, 11) is 6.29. The number of carbonyl (C=O) groups excluding carboxylic acids is 2. The average molecular weight is 400 g/mol. The van der Waals surface area contributed by atoms with Gasteiger partial charge in [0.25, 0.3) is 0 Å². The van der Waals surface area contributed by atoms with Crippen LogP contribution in [0.1, 0.15) is 103 Å². The Morgan fingerprint density at radius 3 is 1.36 bits per heavy atom. The van der Waals surface area contributed by atoms with Crippen molar-refractivity contribution in [3.63, 3.8) is 0 Å². The molecule has 5 nitrogen and oxygen atoms in total. The number of likely N-dealkylation sites (N-methyl/N-ethyl adjacent to an activating group) is 1. The highest BCUT2D eigenvalue weighted by atomic mass is 16.5. The predicted octanol–water partition coefficient (Wildman–Crippen LogP) is 4.23. The number of carboxylic acid groups (broad SMARTS) is 1. The molecule has 0 aromatic heterocycles. The monoisotopic (exact) mass is 399 g/mol. The third-order valence-corrected chi connectivity index (χ3v) is 5.04. The molecule has 5 heteroatoms.